The SMILES string of the molecule is Cc1nnc(SC(=O)c2cc3ccccc3o2)s1. The average Bonchev–Trinajstić information content (AvgIpc) is 2.95. The third-order valence-corrected chi connectivity index (χ3v) is 4.09. The fourth-order valence-corrected chi connectivity index (χ4v) is 3.14. The molecule has 4 nitrogen and oxygen atoms in total. The summed E-state index contributed by atoms with van der Waals surface area (Å²) in [5, 5.41) is 9.39. The number of rotatable bonds is 2. The van der Waals surface area contributed by atoms with E-state index in [1.165, 1.54) is 11.3 Å². The van der Waals surface area contributed by atoms with Gasteiger partial charge >= 0.3 is 0 Å². The average molecular weight is 276 g/mol. The van der Waals surface area contributed by atoms with Crippen LogP contribution in [0.15, 0.2) is 39.1 Å². The zero-order chi connectivity index (χ0) is 12.5. The summed E-state index contributed by atoms with van der Waals surface area (Å²) in [6.07, 6.45) is 0. The molecule has 0 N–H and O–H groups in total. The number of hydrogen-bond acceptors (Lipinski definition) is 6. The highest BCUT2D eigenvalue weighted by Crippen LogP contribution is 2.28. The Kier molecular flexibility index (Phi) is 2.89. The molecule has 0 saturated carbocycles. The van der Waals surface area contributed by atoms with Gasteiger partial charge in [-0.15, -0.1) is 10.2 Å². The molecule has 90 valence electrons. The number of carbonyl (C=O) groups excluding carboxylic acids is 1. The molecule has 0 aliphatic heterocycles. The summed E-state index contributed by atoms with van der Waals surface area (Å²) < 4.78 is 6.13. The molecule has 0 radical (unpaired) electrons. The lowest BCUT2D eigenvalue weighted by atomic mass is 10.2. The molecule has 0 fully saturated rings. The van der Waals surface area contributed by atoms with Crippen molar-refractivity contribution in [3.63, 3.8) is 0 Å². The van der Waals surface area contributed by atoms with Crippen LogP contribution in [-0.2, 0) is 0 Å². The van der Waals surface area contributed by atoms with Crippen LogP contribution in [0.1, 0.15) is 15.6 Å². The number of thioether (sulfide) groups is 1. The van der Waals surface area contributed by atoms with E-state index in [1.807, 2.05) is 31.2 Å². The molecular weight excluding hydrogens is 268 g/mol. The Bertz CT molecular complexity index is 685. The number of benzene rings is 1. The van der Waals surface area contributed by atoms with Gasteiger partial charge in [0.1, 0.15) is 10.6 Å². The van der Waals surface area contributed by atoms with Crippen LogP contribution in [0.2, 0.25) is 0 Å². The third-order valence-electron chi connectivity index (χ3n) is 2.31. The lowest BCUT2D eigenvalue weighted by molar-refractivity contribution is 0.106. The van der Waals surface area contributed by atoms with Gasteiger partial charge < -0.3 is 4.42 Å². The van der Waals surface area contributed by atoms with E-state index in [0.717, 1.165) is 27.7 Å². The van der Waals surface area contributed by atoms with Crippen molar-refractivity contribution in [1.29, 1.82) is 0 Å². The molecule has 0 aliphatic rings. The number of furan rings is 1. The van der Waals surface area contributed by atoms with Crippen LogP contribution in [0.4, 0.5) is 0 Å². The molecule has 0 amide bonds. The molecule has 2 heterocycles. The van der Waals surface area contributed by atoms with Crippen LogP contribution in [0, 0.1) is 6.92 Å². The Hall–Kier alpha value is -1.66. The molecule has 0 aliphatic carbocycles. The second-order valence-corrected chi connectivity index (χ2v) is 6.03. The highest BCUT2D eigenvalue weighted by Gasteiger charge is 2.15. The van der Waals surface area contributed by atoms with E-state index in [2.05, 4.69) is 10.2 Å². The highest BCUT2D eigenvalue weighted by atomic mass is 32.2. The second kappa shape index (κ2) is 4.55. The molecule has 2 aromatic heterocycles. The van der Waals surface area contributed by atoms with Gasteiger partial charge in [0.25, 0.3) is 5.12 Å². The Labute approximate surface area is 111 Å². The smallest absolute Gasteiger partial charge is 0.261 e. The summed E-state index contributed by atoms with van der Waals surface area (Å²) in [6, 6.07) is 9.29. The Morgan fingerprint density at radius 2 is 2.17 bits per heavy atom. The van der Waals surface area contributed by atoms with Gasteiger partial charge in [-0.05, 0) is 30.8 Å². The van der Waals surface area contributed by atoms with Crippen molar-refractivity contribution in [2.24, 2.45) is 0 Å². The van der Waals surface area contributed by atoms with Gasteiger partial charge in [-0.3, -0.25) is 4.79 Å². The van der Waals surface area contributed by atoms with Gasteiger partial charge in [0.15, 0.2) is 10.1 Å². The summed E-state index contributed by atoms with van der Waals surface area (Å²) in [6.45, 7) is 1.85. The molecular formula is C12H8N2O2S2. The molecule has 0 spiro atoms. The first-order valence-electron chi connectivity index (χ1n) is 5.23. The van der Waals surface area contributed by atoms with Gasteiger partial charge in [0.2, 0.25) is 0 Å². The molecule has 6 heteroatoms. The number of aryl methyl sites for hydroxylation is 1. The molecule has 0 unspecified atom stereocenters. The number of aromatic nitrogens is 2. The maximum Gasteiger partial charge on any atom is 0.261 e. The summed E-state index contributed by atoms with van der Waals surface area (Å²) in [7, 11) is 0. The summed E-state index contributed by atoms with van der Waals surface area (Å²) in [5.41, 5.74) is 0.717. The van der Waals surface area contributed by atoms with Crippen LogP contribution >= 0.6 is 23.1 Å². The number of para-hydroxylation sites is 1. The largest absolute Gasteiger partial charge is 0.452 e. The molecule has 0 saturated heterocycles. The molecule has 1 aromatic carbocycles. The highest BCUT2D eigenvalue weighted by molar-refractivity contribution is 8.15. The van der Waals surface area contributed by atoms with Gasteiger partial charge in [0, 0.05) is 5.39 Å². The monoisotopic (exact) mass is 276 g/mol. The van der Waals surface area contributed by atoms with Crippen LogP contribution in [0.25, 0.3) is 11.0 Å². The van der Waals surface area contributed by atoms with Crippen molar-refractivity contribution < 1.29 is 9.21 Å². The van der Waals surface area contributed by atoms with Crippen LogP contribution in [0.3, 0.4) is 0 Å². The van der Waals surface area contributed by atoms with E-state index >= 15 is 0 Å². The van der Waals surface area contributed by atoms with Gasteiger partial charge in [0.05, 0.1) is 0 Å². The molecule has 18 heavy (non-hydrogen) atoms. The van der Waals surface area contributed by atoms with E-state index in [0.29, 0.717) is 10.1 Å². The Balaban J connectivity index is 1.87. The normalized spacial score (nSPS) is 10.9. The molecule has 0 bridgehead atoms. The standard InChI is InChI=1S/C12H8N2O2S2/c1-7-13-14-12(17-7)18-11(15)10-6-8-4-2-3-5-9(8)16-10/h2-6H,1H3. The zero-order valence-electron chi connectivity index (χ0n) is 9.41. The number of nitrogens with zero attached hydrogens (tertiary/aromatic N) is 2. The fourth-order valence-electron chi connectivity index (χ4n) is 1.53. The van der Waals surface area contributed by atoms with E-state index in [-0.39, 0.29) is 5.12 Å². The third kappa shape index (κ3) is 2.16. The lowest BCUT2D eigenvalue weighted by Gasteiger charge is -1.90. The lowest BCUT2D eigenvalue weighted by Crippen LogP contribution is -1.89. The van der Waals surface area contributed by atoms with Gasteiger partial charge in [-0.25, -0.2) is 0 Å². The topological polar surface area (TPSA) is 56.0 Å². The minimum absolute atomic E-state index is 0.151. The summed E-state index contributed by atoms with van der Waals surface area (Å²) in [5.74, 6) is 0.342. The van der Waals surface area contributed by atoms with E-state index < -0.39 is 0 Å². The van der Waals surface area contributed by atoms with Crippen molar-refractivity contribution in [1.82, 2.24) is 10.2 Å². The van der Waals surface area contributed by atoms with Crippen molar-refractivity contribution in [3.8, 4) is 0 Å². The van der Waals surface area contributed by atoms with E-state index in [9.17, 15) is 4.79 Å². The Morgan fingerprint density at radius 3 is 2.89 bits per heavy atom. The maximum absolute atomic E-state index is 12.0. The minimum atomic E-state index is -0.151. The first-order valence-corrected chi connectivity index (χ1v) is 6.86. The van der Waals surface area contributed by atoms with Gasteiger partial charge in [-0.2, -0.15) is 0 Å². The second-order valence-electron chi connectivity index (χ2n) is 3.62. The maximum atomic E-state index is 12.0. The predicted octanol–water partition coefficient (Wildman–Crippen LogP) is 3.53. The Morgan fingerprint density at radius 1 is 1.33 bits per heavy atom. The molecule has 0 atom stereocenters. The van der Waals surface area contributed by atoms with Crippen molar-refractivity contribution in [3.05, 3.63) is 41.1 Å². The van der Waals surface area contributed by atoms with Crippen LogP contribution < -0.4 is 0 Å². The van der Waals surface area contributed by atoms with E-state index in [1.54, 1.807) is 6.07 Å². The van der Waals surface area contributed by atoms with Crippen LogP contribution in [0.5, 0.6) is 0 Å². The first kappa shape index (κ1) is 11.4. The first-order chi connectivity index (χ1) is 8.72. The number of fused-ring (bicyclic) bond motifs is 1. The van der Waals surface area contributed by atoms with E-state index in [4.69, 9.17) is 4.42 Å². The molecule has 3 aromatic rings. The van der Waals surface area contributed by atoms with Crippen molar-refractivity contribution >= 4 is 39.2 Å². The number of hydrogen-bond donors (Lipinski definition) is 0. The van der Waals surface area contributed by atoms with Crippen molar-refractivity contribution in [2.45, 2.75) is 11.3 Å². The molecule has 3 rings (SSSR count). The van der Waals surface area contributed by atoms with Crippen molar-refractivity contribution in [2.75, 3.05) is 0 Å². The number of carbonyl (C=O) groups is 1. The van der Waals surface area contributed by atoms with Crippen LogP contribution in [-0.4, -0.2) is 15.3 Å². The van der Waals surface area contributed by atoms with Gasteiger partial charge in [-0.1, -0.05) is 29.5 Å². The quantitative estimate of drug-likeness (QED) is 0.670. The predicted molar refractivity (Wildman–Crippen MR) is 71.0 cm³/mol. The minimum Gasteiger partial charge on any atom is -0.452 e. The summed E-state index contributed by atoms with van der Waals surface area (Å²) in [4.78, 5) is 12.0. The zero-order valence-corrected chi connectivity index (χ0v) is 11.0. The summed E-state index contributed by atoms with van der Waals surface area (Å²) >= 11 is 2.44. The fraction of sp³-hybridized carbons (Fsp3) is 0.0833.